The number of nitrogen functional groups attached to an aromatic ring is 1. The summed E-state index contributed by atoms with van der Waals surface area (Å²) in [7, 11) is 0. The third kappa shape index (κ3) is 2.87. The van der Waals surface area contributed by atoms with E-state index in [1.165, 1.54) is 12.1 Å². The molecular formula is C14H20FN3O. The number of nitrogens with one attached hydrogen (secondary N) is 1. The predicted octanol–water partition coefficient (Wildman–Crippen LogP) is 2.52. The van der Waals surface area contributed by atoms with Crippen molar-refractivity contribution in [2.45, 2.75) is 38.6 Å². The fourth-order valence-corrected chi connectivity index (χ4v) is 2.58. The molecule has 0 spiro atoms. The molecule has 1 aromatic carbocycles. The first-order valence-corrected chi connectivity index (χ1v) is 6.71. The highest BCUT2D eigenvalue weighted by Crippen LogP contribution is 2.24. The van der Waals surface area contributed by atoms with Gasteiger partial charge in [0.05, 0.1) is 11.3 Å². The molecule has 104 valence electrons. The Morgan fingerprint density at radius 2 is 2.21 bits per heavy atom. The van der Waals surface area contributed by atoms with E-state index in [0.29, 0.717) is 5.56 Å². The van der Waals surface area contributed by atoms with Crippen LogP contribution in [0.15, 0.2) is 18.2 Å². The van der Waals surface area contributed by atoms with Crippen molar-refractivity contribution in [3.63, 3.8) is 0 Å². The third-order valence-electron chi connectivity index (χ3n) is 3.70. The number of rotatable bonds is 2. The number of para-hydroxylation sites is 1. The molecule has 1 fully saturated rings. The van der Waals surface area contributed by atoms with E-state index in [1.54, 1.807) is 6.07 Å². The van der Waals surface area contributed by atoms with E-state index < -0.39 is 5.82 Å². The summed E-state index contributed by atoms with van der Waals surface area (Å²) >= 11 is 0. The molecule has 5 heteroatoms. The minimum absolute atomic E-state index is 0.0731. The number of hydrazine groups is 1. The summed E-state index contributed by atoms with van der Waals surface area (Å²) in [4.78, 5) is 14.4. The fourth-order valence-electron chi connectivity index (χ4n) is 2.58. The molecule has 0 radical (unpaired) electrons. The molecule has 0 saturated carbocycles. The van der Waals surface area contributed by atoms with Crippen LogP contribution >= 0.6 is 0 Å². The first kappa shape index (κ1) is 13.8. The molecule has 19 heavy (non-hydrogen) atoms. The predicted molar refractivity (Wildman–Crippen MR) is 73.2 cm³/mol. The molecule has 1 unspecified atom stereocenters. The molecule has 0 bridgehead atoms. The number of nitrogens with two attached hydrogens (primary N) is 1. The number of hydrogen-bond donors (Lipinski definition) is 2. The second-order valence-corrected chi connectivity index (χ2v) is 5.00. The molecular weight excluding hydrogens is 245 g/mol. The van der Waals surface area contributed by atoms with Crippen LogP contribution in [-0.2, 0) is 0 Å². The summed E-state index contributed by atoms with van der Waals surface area (Å²) in [5, 5.41) is 0. The van der Waals surface area contributed by atoms with Crippen LogP contribution in [0, 0.1) is 5.82 Å². The highest BCUT2D eigenvalue weighted by atomic mass is 19.1. The number of anilines is 1. The first-order valence-electron chi connectivity index (χ1n) is 6.71. The highest BCUT2D eigenvalue weighted by Gasteiger charge is 2.25. The summed E-state index contributed by atoms with van der Waals surface area (Å²) < 4.78 is 13.6. The molecule has 1 atom stereocenters. The number of amides is 1. The first-order chi connectivity index (χ1) is 9.15. The van der Waals surface area contributed by atoms with E-state index >= 15 is 0 Å². The van der Waals surface area contributed by atoms with E-state index in [4.69, 9.17) is 5.84 Å². The van der Waals surface area contributed by atoms with Crippen LogP contribution in [0.3, 0.4) is 0 Å². The normalized spacial score (nSPS) is 19.9. The van der Waals surface area contributed by atoms with Gasteiger partial charge in [0.15, 0.2) is 0 Å². The van der Waals surface area contributed by atoms with Crippen LogP contribution in [-0.4, -0.2) is 23.4 Å². The number of carbonyl (C=O) groups is 1. The van der Waals surface area contributed by atoms with Crippen molar-refractivity contribution >= 4 is 11.6 Å². The zero-order valence-corrected chi connectivity index (χ0v) is 11.2. The molecule has 0 aromatic heterocycles. The van der Waals surface area contributed by atoms with Crippen LogP contribution < -0.4 is 11.3 Å². The maximum absolute atomic E-state index is 13.6. The van der Waals surface area contributed by atoms with Crippen molar-refractivity contribution in [1.29, 1.82) is 0 Å². The van der Waals surface area contributed by atoms with Gasteiger partial charge in [-0.15, -0.1) is 0 Å². The van der Waals surface area contributed by atoms with Gasteiger partial charge in [0.2, 0.25) is 0 Å². The Hall–Kier alpha value is -1.62. The smallest absolute Gasteiger partial charge is 0.256 e. The number of benzene rings is 1. The van der Waals surface area contributed by atoms with Crippen molar-refractivity contribution in [3.05, 3.63) is 29.6 Å². The van der Waals surface area contributed by atoms with Gasteiger partial charge in [-0.1, -0.05) is 18.9 Å². The summed E-state index contributed by atoms with van der Waals surface area (Å²) in [6.45, 7) is 2.76. The van der Waals surface area contributed by atoms with Crippen LogP contribution in [0.1, 0.15) is 43.0 Å². The minimum atomic E-state index is -0.504. The number of nitrogens with zero attached hydrogens (tertiary/aromatic N) is 1. The molecule has 1 heterocycles. The van der Waals surface area contributed by atoms with E-state index in [0.717, 1.165) is 32.2 Å². The Balaban J connectivity index is 2.30. The van der Waals surface area contributed by atoms with Crippen LogP contribution in [0.5, 0.6) is 0 Å². The largest absolute Gasteiger partial charge is 0.336 e. The second-order valence-electron chi connectivity index (χ2n) is 5.00. The monoisotopic (exact) mass is 265 g/mol. The SMILES string of the molecule is CC1CCCCCN1C(=O)c1cccc(F)c1NN. The Labute approximate surface area is 112 Å². The van der Waals surface area contributed by atoms with Crippen LogP contribution in [0.25, 0.3) is 0 Å². The molecule has 3 N–H and O–H groups in total. The van der Waals surface area contributed by atoms with E-state index in [2.05, 4.69) is 5.43 Å². The summed E-state index contributed by atoms with van der Waals surface area (Å²) in [6, 6.07) is 4.62. The van der Waals surface area contributed by atoms with Gasteiger partial charge < -0.3 is 10.3 Å². The summed E-state index contributed by atoms with van der Waals surface area (Å²) in [5.74, 6) is 4.67. The average Bonchev–Trinajstić information content (AvgIpc) is 2.62. The lowest BCUT2D eigenvalue weighted by molar-refractivity contribution is 0.0698. The van der Waals surface area contributed by atoms with E-state index in [9.17, 15) is 9.18 Å². The Morgan fingerprint density at radius 1 is 1.42 bits per heavy atom. The van der Waals surface area contributed by atoms with Crippen molar-refractivity contribution in [2.24, 2.45) is 5.84 Å². The average molecular weight is 265 g/mol. The van der Waals surface area contributed by atoms with Crippen LogP contribution in [0.4, 0.5) is 10.1 Å². The Bertz CT molecular complexity index is 464. The quantitative estimate of drug-likeness (QED) is 0.638. The van der Waals surface area contributed by atoms with E-state index in [-0.39, 0.29) is 17.6 Å². The van der Waals surface area contributed by atoms with Gasteiger partial charge in [-0.25, -0.2) is 4.39 Å². The molecule has 2 rings (SSSR count). The van der Waals surface area contributed by atoms with Crippen molar-refractivity contribution in [1.82, 2.24) is 4.90 Å². The molecule has 1 aliphatic heterocycles. The number of carbonyl (C=O) groups excluding carboxylic acids is 1. The van der Waals surface area contributed by atoms with Gasteiger partial charge in [-0.05, 0) is 31.9 Å². The maximum atomic E-state index is 13.6. The lowest BCUT2D eigenvalue weighted by atomic mass is 10.1. The second kappa shape index (κ2) is 6.02. The summed E-state index contributed by atoms with van der Waals surface area (Å²) in [5.41, 5.74) is 2.67. The maximum Gasteiger partial charge on any atom is 0.256 e. The Morgan fingerprint density at radius 3 is 2.95 bits per heavy atom. The zero-order chi connectivity index (χ0) is 13.8. The molecule has 1 aromatic rings. The van der Waals surface area contributed by atoms with Crippen molar-refractivity contribution < 1.29 is 9.18 Å². The minimum Gasteiger partial charge on any atom is -0.336 e. The van der Waals surface area contributed by atoms with Gasteiger partial charge in [-0.3, -0.25) is 10.6 Å². The topological polar surface area (TPSA) is 58.4 Å². The van der Waals surface area contributed by atoms with Gasteiger partial charge >= 0.3 is 0 Å². The lowest BCUT2D eigenvalue weighted by Crippen LogP contribution is -2.38. The molecule has 1 aliphatic rings. The number of hydrogen-bond acceptors (Lipinski definition) is 3. The summed E-state index contributed by atoms with van der Waals surface area (Å²) in [6.07, 6.45) is 4.26. The van der Waals surface area contributed by atoms with Gasteiger partial charge in [0, 0.05) is 12.6 Å². The number of likely N-dealkylation sites (tertiary alicyclic amines) is 1. The third-order valence-corrected chi connectivity index (χ3v) is 3.70. The Kier molecular flexibility index (Phi) is 4.37. The molecule has 0 aliphatic carbocycles. The van der Waals surface area contributed by atoms with Crippen molar-refractivity contribution in [3.8, 4) is 0 Å². The fraction of sp³-hybridized carbons (Fsp3) is 0.500. The van der Waals surface area contributed by atoms with Crippen molar-refractivity contribution in [2.75, 3.05) is 12.0 Å². The molecule has 1 saturated heterocycles. The zero-order valence-electron chi connectivity index (χ0n) is 11.2. The lowest BCUT2D eigenvalue weighted by Gasteiger charge is -2.28. The molecule has 1 amide bonds. The molecule has 4 nitrogen and oxygen atoms in total. The number of halogens is 1. The van der Waals surface area contributed by atoms with Gasteiger partial charge in [0.1, 0.15) is 5.82 Å². The highest BCUT2D eigenvalue weighted by molar-refractivity contribution is 5.99. The van der Waals surface area contributed by atoms with Gasteiger partial charge in [-0.2, -0.15) is 0 Å². The van der Waals surface area contributed by atoms with E-state index in [1.807, 2.05) is 11.8 Å². The van der Waals surface area contributed by atoms with Gasteiger partial charge in [0.25, 0.3) is 5.91 Å². The standard InChI is InChI=1S/C14H20FN3O/c1-10-6-3-2-4-9-18(10)14(19)11-7-5-8-12(15)13(11)17-16/h5,7-8,10,17H,2-4,6,9,16H2,1H3. The van der Waals surface area contributed by atoms with Crippen LogP contribution in [0.2, 0.25) is 0 Å².